The third-order valence-corrected chi connectivity index (χ3v) is 4.03. The van der Waals surface area contributed by atoms with Crippen LogP contribution >= 0.6 is 11.8 Å². The Morgan fingerprint density at radius 2 is 2.00 bits per heavy atom. The maximum atomic E-state index is 13.9. The Balaban J connectivity index is 1.75. The van der Waals surface area contributed by atoms with Crippen LogP contribution in [0.15, 0.2) is 47.6 Å². The van der Waals surface area contributed by atoms with Crippen LogP contribution in [0.2, 0.25) is 0 Å². The molecule has 0 saturated carbocycles. The lowest BCUT2D eigenvalue weighted by molar-refractivity contribution is 0.425. The molecule has 3 rings (SSSR count). The van der Waals surface area contributed by atoms with Gasteiger partial charge in [0.1, 0.15) is 5.82 Å². The Hall–Kier alpha value is -1.83. The Morgan fingerprint density at radius 1 is 1.19 bits per heavy atom. The molecule has 21 heavy (non-hydrogen) atoms. The van der Waals surface area contributed by atoms with Crippen LogP contribution in [0.5, 0.6) is 0 Å². The molecule has 0 atom stereocenters. The Kier molecular flexibility index (Phi) is 3.96. The largest absolute Gasteiger partial charge is 0.488 e. The molecule has 0 unspecified atom stereocenters. The van der Waals surface area contributed by atoms with E-state index < -0.39 is 12.9 Å². The van der Waals surface area contributed by atoms with Gasteiger partial charge in [-0.05, 0) is 29.2 Å². The number of H-pyrrole nitrogens is 1. The maximum absolute atomic E-state index is 13.9. The first-order valence-corrected chi connectivity index (χ1v) is 7.34. The van der Waals surface area contributed by atoms with Gasteiger partial charge in [-0.1, -0.05) is 36.0 Å². The average Bonchev–Trinajstić information content (AvgIpc) is 2.88. The van der Waals surface area contributed by atoms with Crippen molar-refractivity contribution in [3.05, 3.63) is 53.8 Å². The average molecular weight is 302 g/mol. The van der Waals surface area contributed by atoms with Crippen LogP contribution in [0.25, 0.3) is 11.0 Å². The minimum absolute atomic E-state index is 0.144. The lowest BCUT2D eigenvalue weighted by Gasteiger charge is -2.04. The number of fused-ring (bicyclic) bond motifs is 1. The third-order valence-electron chi connectivity index (χ3n) is 3.11. The zero-order valence-corrected chi connectivity index (χ0v) is 11.8. The number of para-hydroxylation sites is 2. The fourth-order valence-electron chi connectivity index (χ4n) is 1.99. The summed E-state index contributed by atoms with van der Waals surface area (Å²) < 4.78 is 13.9. The standard InChI is InChI=1S/C14H12BFN2O2S/c16-11-7-10(15(19)20)6-5-9(11)8-21-14-17-12-3-1-2-4-13(12)18-14/h1-7,19-20H,8H2,(H,17,18). The number of thioether (sulfide) groups is 1. The van der Waals surface area contributed by atoms with Crippen molar-refractivity contribution < 1.29 is 14.4 Å². The van der Waals surface area contributed by atoms with Gasteiger partial charge in [-0.25, -0.2) is 9.37 Å². The molecule has 3 aromatic rings. The Bertz CT molecular complexity index is 746. The number of aromatic nitrogens is 2. The summed E-state index contributed by atoms with van der Waals surface area (Å²) in [6, 6.07) is 11.9. The number of hydrogen-bond acceptors (Lipinski definition) is 4. The molecule has 0 aliphatic rings. The number of benzene rings is 2. The Labute approximate surface area is 125 Å². The van der Waals surface area contributed by atoms with Gasteiger partial charge >= 0.3 is 7.12 Å². The number of imidazole rings is 1. The van der Waals surface area contributed by atoms with Crippen LogP contribution in [0.3, 0.4) is 0 Å². The van der Waals surface area contributed by atoms with E-state index in [0.717, 1.165) is 22.3 Å². The summed E-state index contributed by atoms with van der Waals surface area (Å²) in [6.07, 6.45) is 0. The number of aromatic amines is 1. The molecule has 0 radical (unpaired) electrons. The van der Waals surface area contributed by atoms with Crippen molar-refractivity contribution in [2.45, 2.75) is 10.9 Å². The quantitative estimate of drug-likeness (QED) is 0.506. The van der Waals surface area contributed by atoms with Crippen molar-refractivity contribution in [1.29, 1.82) is 0 Å². The van der Waals surface area contributed by atoms with Crippen molar-refractivity contribution in [2.75, 3.05) is 0 Å². The zero-order chi connectivity index (χ0) is 14.8. The lowest BCUT2D eigenvalue weighted by atomic mass is 9.80. The minimum atomic E-state index is -1.66. The van der Waals surface area contributed by atoms with Gasteiger partial charge in [0.05, 0.1) is 11.0 Å². The zero-order valence-electron chi connectivity index (χ0n) is 11.0. The molecule has 2 aromatic carbocycles. The molecule has 0 saturated heterocycles. The number of rotatable bonds is 4. The van der Waals surface area contributed by atoms with Crippen LogP contribution in [-0.4, -0.2) is 27.1 Å². The summed E-state index contributed by atoms with van der Waals surface area (Å²) in [5.41, 5.74) is 2.45. The number of nitrogens with one attached hydrogen (secondary N) is 1. The normalized spacial score (nSPS) is 11.0. The van der Waals surface area contributed by atoms with Crippen molar-refractivity contribution in [3.8, 4) is 0 Å². The van der Waals surface area contributed by atoms with E-state index in [1.807, 2.05) is 24.3 Å². The second-order valence-corrected chi connectivity index (χ2v) is 5.54. The molecule has 0 spiro atoms. The molecule has 106 valence electrons. The predicted octanol–water partition coefficient (Wildman–Crippen LogP) is 1.67. The highest BCUT2D eigenvalue weighted by atomic mass is 32.2. The van der Waals surface area contributed by atoms with Crippen molar-refractivity contribution in [1.82, 2.24) is 9.97 Å². The minimum Gasteiger partial charge on any atom is -0.423 e. The van der Waals surface area contributed by atoms with Gasteiger partial charge in [0.15, 0.2) is 5.16 Å². The SMILES string of the molecule is OB(O)c1ccc(CSc2nc3ccccc3[nH]2)c(F)c1. The summed E-state index contributed by atoms with van der Waals surface area (Å²) in [5, 5.41) is 18.7. The molecule has 7 heteroatoms. The third kappa shape index (κ3) is 3.10. The van der Waals surface area contributed by atoms with Crippen LogP contribution < -0.4 is 5.46 Å². The van der Waals surface area contributed by atoms with Gasteiger partial charge in [-0.2, -0.15) is 0 Å². The van der Waals surface area contributed by atoms with Gasteiger partial charge in [-0.15, -0.1) is 0 Å². The lowest BCUT2D eigenvalue weighted by Crippen LogP contribution is -2.30. The smallest absolute Gasteiger partial charge is 0.423 e. The summed E-state index contributed by atoms with van der Waals surface area (Å²) >= 11 is 1.40. The van der Waals surface area contributed by atoms with Gasteiger partial charge in [0.2, 0.25) is 0 Å². The highest BCUT2D eigenvalue weighted by Gasteiger charge is 2.14. The number of hydrogen-bond donors (Lipinski definition) is 3. The fourth-order valence-corrected chi connectivity index (χ4v) is 2.86. The first-order chi connectivity index (χ1) is 10.1. The highest BCUT2D eigenvalue weighted by molar-refractivity contribution is 7.98. The van der Waals surface area contributed by atoms with E-state index in [1.165, 1.54) is 17.8 Å². The first-order valence-electron chi connectivity index (χ1n) is 6.35. The topological polar surface area (TPSA) is 69.1 Å². The predicted molar refractivity (Wildman–Crippen MR) is 81.9 cm³/mol. The van der Waals surface area contributed by atoms with E-state index in [4.69, 9.17) is 10.0 Å². The monoisotopic (exact) mass is 302 g/mol. The molecule has 0 bridgehead atoms. The van der Waals surface area contributed by atoms with Gasteiger partial charge in [0.25, 0.3) is 0 Å². The van der Waals surface area contributed by atoms with Crippen molar-refractivity contribution in [3.63, 3.8) is 0 Å². The molecule has 0 aliphatic carbocycles. The number of halogens is 1. The van der Waals surface area contributed by atoms with Gasteiger partial charge in [-0.3, -0.25) is 0 Å². The van der Waals surface area contributed by atoms with Crippen molar-refractivity contribution in [2.24, 2.45) is 0 Å². The fraction of sp³-hybridized carbons (Fsp3) is 0.0714. The molecule has 3 N–H and O–H groups in total. The number of nitrogens with zero attached hydrogens (tertiary/aromatic N) is 1. The summed E-state index contributed by atoms with van der Waals surface area (Å²) in [7, 11) is -1.66. The highest BCUT2D eigenvalue weighted by Crippen LogP contribution is 2.23. The van der Waals surface area contributed by atoms with Crippen LogP contribution in [-0.2, 0) is 5.75 Å². The molecule has 1 heterocycles. The second kappa shape index (κ2) is 5.89. The van der Waals surface area contributed by atoms with Crippen LogP contribution in [0, 0.1) is 5.82 Å². The first kappa shape index (κ1) is 14.1. The van der Waals surface area contributed by atoms with E-state index in [0.29, 0.717) is 11.3 Å². The Morgan fingerprint density at radius 3 is 2.71 bits per heavy atom. The van der Waals surface area contributed by atoms with Crippen molar-refractivity contribution >= 4 is 35.4 Å². The molecule has 4 nitrogen and oxygen atoms in total. The van der Waals surface area contributed by atoms with E-state index in [1.54, 1.807) is 6.07 Å². The molecule has 1 aromatic heterocycles. The molecular weight excluding hydrogens is 290 g/mol. The van der Waals surface area contributed by atoms with E-state index in [2.05, 4.69) is 9.97 Å². The van der Waals surface area contributed by atoms with E-state index in [-0.39, 0.29) is 5.46 Å². The summed E-state index contributed by atoms with van der Waals surface area (Å²) in [4.78, 5) is 7.57. The van der Waals surface area contributed by atoms with E-state index >= 15 is 0 Å². The molecule has 0 amide bonds. The van der Waals surface area contributed by atoms with E-state index in [9.17, 15) is 4.39 Å². The van der Waals surface area contributed by atoms with Gasteiger partial charge in [0, 0.05) is 5.75 Å². The van der Waals surface area contributed by atoms with Gasteiger partial charge < -0.3 is 15.0 Å². The second-order valence-electron chi connectivity index (χ2n) is 4.57. The summed E-state index contributed by atoms with van der Waals surface area (Å²) in [6.45, 7) is 0. The molecular formula is C14H12BFN2O2S. The molecule has 0 fully saturated rings. The molecule has 0 aliphatic heterocycles. The van der Waals surface area contributed by atoms with Crippen LogP contribution in [0.4, 0.5) is 4.39 Å². The maximum Gasteiger partial charge on any atom is 0.488 e. The summed E-state index contributed by atoms with van der Waals surface area (Å²) in [5.74, 6) is -0.0443. The van der Waals surface area contributed by atoms with Crippen LogP contribution in [0.1, 0.15) is 5.56 Å².